The lowest BCUT2D eigenvalue weighted by molar-refractivity contribution is -0.122. The lowest BCUT2D eigenvalue weighted by Gasteiger charge is -2.15. The number of carbonyl (C=O) groups excluding carboxylic acids is 2. The number of rotatable bonds is 3. The summed E-state index contributed by atoms with van der Waals surface area (Å²) in [5.41, 5.74) is 3.79. The molecule has 2 aromatic rings. The Hall–Kier alpha value is -2.49. The van der Waals surface area contributed by atoms with Crippen molar-refractivity contribution in [3.63, 3.8) is 0 Å². The molecule has 0 spiro atoms. The summed E-state index contributed by atoms with van der Waals surface area (Å²) in [5.74, 6) is -1.18. The van der Waals surface area contributed by atoms with Crippen LogP contribution in [-0.2, 0) is 16.0 Å². The number of carbonyl (C=O) groups is 2. The van der Waals surface area contributed by atoms with Crippen LogP contribution in [0.15, 0.2) is 42.5 Å². The van der Waals surface area contributed by atoms with Gasteiger partial charge in [-0.25, -0.2) is 4.39 Å². The maximum absolute atomic E-state index is 13.0. The van der Waals surface area contributed by atoms with E-state index in [1.165, 1.54) is 29.2 Å². The number of imide groups is 1. The van der Waals surface area contributed by atoms with E-state index >= 15 is 0 Å². The van der Waals surface area contributed by atoms with E-state index in [2.05, 4.69) is 6.07 Å². The van der Waals surface area contributed by atoms with Gasteiger partial charge in [-0.2, -0.15) is 0 Å². The zero-order valence-electron chi connectivity index (χ0n) is 13.2. The average molecular weight is 311 g/mol. The Kier molecular flexibility index (Phi) is 3.99. The summed E-state index contributed by atoms with van der Waals surface area (Å²) >= 11 is 0. The first-order valence-corrected chi connectivity index (χ1v) is 7.63. The Balaban J connectivity index is 1.82. The molecule has 1 heterocycles. The molecule has 0 saturated carbocycles. The monoisotopic (exact) mass is 311 g/mol. The summed E-state index contributed by atoms with van der Waals surface area (Å²) in [6.45, 7) is 4.03. The number of hydrogen-bond donors (Lipinski definition) is 0. The van der Waals surface area contributed by atoms with Crippen molar-refractivity contribution in [2.75, 3.05) is 4.90 Å². The highest BCUT2D eigenvalue weighted by Gasteiger charge is 2.39. The first kappa shape index (κ1) is 15.4. The van der Waals surface area contributed by atoms with Gasteiger partial charge in [0.25, 0.3) is 0 Å². The molecule has 4 heteroatoms. The number of anilines is 1. The molecule has 1 fully saturated rings. The van der Waals surface area contributed by atoms with Crippen molar-refractivity contribution in [2.24, 2.45) is 5.92 Å². The van der Waals surface area contributed by atoms with Crippen LogP contribution in [0.2, 0.25) is 0 Å². The lowest BCUT2D eigenvalue weighted by Crippen LogP contribution is -2.30. The molecule has 1 unspecified atom stereocenters. The average Bonchev–Trinajstić information content (AvgIpc) is 2.74. The van der Waals surface area contributed by atoms with Crippen molar-refractivity contribution >= 4 is 17.5 Å². The molecule has 23 heavy (non-hydrogen) atoms. The van der Waals surface area contributed by atoms with Crippen LogP contribution in [0.5, 0.6) is 0 Å². The molecule has 2 aromatic carbocycles. The first-order chi connectivity index (χ1) is 10.9. The van der Waals surface area contributed by atoms with Gasteiger partial charge in [0, 0.05) is 6.42 Å². The lowest BCUT2D eigenvalue weighted by atomic mass is 9.95. The third-order valence-electron chi connectivity index (χ3n) is 4.09. The Morgan fingerprint density at radius 3 is 2.26 bits per heavy atom. The molecular formula is C19H18FNO2. The largest absolute Gasteiger partial charge is 0.274 e. The van der Waals surface area contributed by atoms with Crippen molar-refractivity contribution < 1.29 is 14.0 Å². The van der Waals surface area contributed by atoms with Gasteiger partial charge in [0.15, 0.2) is 0 Å². The van der Waals surface area contributed by atoms with E-state index in [4.69, 9.17) is 0 Å². The van der Waals surface area contributed by atoms with Gasteiger partial charge in [-0.05, 0) is 50.1 Å². The summed E-state index contributed by atoms with van der Waals surface area (Å²) in [7, 11) is 0. The number of benzene rings is 2. The molecule has 3 nitrogen and oxygen atoms in total. The summed E-state index contributed by atoms with van der Waals surface area (Å²) < 4.78 is 13.0. The highest BCUT2D eigenvalue weighted by molar-refractivity contribution is 6.20. The molecule has 1 saturated heterocycles. The van der Waals surface area contributed by atoms with Crippen LogP contribution < -0.4 is 4.90 Å². The quantitative estimate of drug-likeness (QED) is 0.813. The van der Waals surface area contributed by atoms with Crippen LogP contribution >= 0.6 is 0 Å². The van der Waals surface area contributed by atoms with Crippen LogP contribution in [0.25, 0.3) is 0 Å². The molecule has 3 rings (SSSR count). The van der Waals surface area contributed by atoms with Gasteiger partial charge in [-0.15, -0.1) is 0 Å². The van der Waals surface area contributed by atoms with Crippen molar-refractivity contribution in [1.29, 1.82) is 0 Å². The molecule has 1 atom stereocenters. The zero-order chi connectivity index (χ0) is 16.6. The second-order valence-corrected chi connectivity index (χ2v) is 6.14. The molecular weight excluding hydrogens is 293 g/mol. The summed E-state index contributed by atoms with van der Waals surface area (Å²) in [5, 5.41) is 0. The van der Waals surface area contributed by atoms with Crippen LogP contribution in [0.1, 0.15) is 23.1 Å². The van der Waals surface area contributed by atoms with Crippen molar-refractivity contribution in [2.45, 2.75) is 26.7 Å². The Labute approximate surface area is 134 Å². The van der Waals surface area contributed by atoms with Crippen LogP contribution in [0.3, 0.4) is 0 Å². The molecule has 118 valence electrons. The van der Waals surface area contributed by atoms with E-state index in [1.807, 2.05) is 26.0 Å². The summed E-state index contributed by atoms with van der Waals surface area (Å²) in [6.07, 6.45) is 0.744. The molecule has 1 aliphatic heterocycles. The fraction of sp³-hybridized carbons (Fsp3) is 0.263. The number of hydrogen-bond acceptors (Lipinski definition) is 2. The van der Waals surface area contributed by atoms with Gasteiger partial charge in [-0.3, -0.25) is 14.5 Å². The van der Waals surface area contributed by atoms with Crippen LogP contribution in [0.4, 0.5) is 10.1 Å². The maximum atomic E-state index is 13.0. The van der Waals surface area contributed by atoms with E-state index in [0.717, 1.165) is 16.7 Å². The minimum Gasteiger partial charge on any atom is -0.274 e. The smallest absolute Gasteiger partial charge is 0.237 e. The highest BCUT2D eigenvalue weighted by Crippen LogP contribution is 2.29. The third-order valence-corrected chi connectivity index (χ3v) is 4.09. The minimum atomic E-state index is -0.389. The third kappa shape index (κ3) is 3.16. The van der Waals surface area contributed by atoms with Crippen molar-refractivity contribution in [3.05, 3.63) is 65.0 Å². The second-order valence-electron chi connectivity index (χ2n) is 6.14. The van der Waals surface area contributed by atoms with E-state index in [1.54, 1.807) is 0 Å². The van der Waals surface area contributed by atoms with Crippen LogP contribution in [-0.4, -0.2) is 11.8 Å². The van der Waals surface area contributed by atoms with Gasteiger partial charge in [0.05, 0.1) is 11.6 Å². The highest BCUT2D eigenvalue weighted by atomic mass is 19.1. The fourth-order valence-electron chi connectivity index (χ4n) is 3.19. The van der Waals surface area contributed by atoms with Gasteiger partial charge in [-0.1, -0.05) is 29.3 Å². The van der Waals surface area contributed by atoms with Crippen molar-refractivity contribution in [3.8, 4) is 0 Å². The van der Waals surface area contributed by atoms with Gasteiger partial charge < -0.3 is 0 Å². The molecule has 0 aromatic heterocycles. The fourth-order valence-corrected chi connectivity index (χ4v) is 3.19. The van der Waals surface area contributed by atoms with Gasteiger partial charge in [0.1, 0.15) is 5.82 Å². The number of aryl methyl sites for hydroxylation is 2. The number of halogens is 1. The molecule has 0 aliphatic carbocycles. The maximum Gasteiger partial charge on any atom is 0.237 e. The summed E-state index contributed by atoms with van der Waals surface area (Å²) in [6, 6.07) is 11.6. The van der Waals surface area contributed by atoms with Crippen LogP contribution in [0, 0.1) is 25.6 Å². The SMILES string of the molecule is Cc1cc(C)cc(CC2CC(=O)N(c3ccc(F)cc3)C2=O)c1. The standard InChI is InChI=1S/C19H18FNO2/c1-12-7-13(2)9-14(8-12)10-15-11-18(22)21(19(15)23)17-5-3-16(20)4-6-17/h3-9,15H,10-11H2,1-2H3. The van der Waals surface area contributed by atoms with E-state index in [0.29, 0.717) is 12.1 Å². The molecule has 0 bridgehead atoms. The normalized spacial score (nSPS) is 17.9. The molecule has 1 aliphatic rings. The minimum absolute atomic E-state index is 0.198. The Morgan fingerprint density at radius 1 is 1.04 bits per heavy atom. The van der Waals surface area contributed by atoms with Crippen molar-refractivity contribution in [1.82, 2.24) is 0 Å². The number of amides is 2. The Morgan fingerprint density at radius 2 is 1.65 bits per heavy atom. The Bertz CT molecular complexity index is 747. The van der Waals surface area contributed by atoms with E-state index in [9.17, 15) is 14.0 Å². The predicted octanol–water partition coefficient (Wildman–Crippen LogP) is 3.56. The van der Waals surface area contributed by atoms with E-state index < -0.39 is 0 Å². The van der Waals surface area contributed by atoms with E-state index in [-0.39, 0.29) is 30.0 Å². The molecule has 0 N–H and O–H groups in total. The summed E-state index contributed by atoms with van der Waals surface area (Å²) in [4.78, 5) is 26.0. The first-order valence-electron chi connectivity index (χ1n) is 7.63. The zero-order valence-corrected chi connectivity index (χ0v) is 13.2. The predicted molar refractivity (Wildman–Crippen MR) is 86.6 cm³/mol. The topological polar surface area (TPSA) is 37.4 Å². The second kappa shape index (κ2) is 5.95. The number of nitrogens with zero attached hydrogens (tertiary/aromatic N) is 1. The molecule has 0 radical (unpaired) electrons. The van der Waals surface area contributed by atoms with Gasteiger partial charge >= 0.3 is 0 Å². The molecule has 2 amide bonds. The van der Waals surface area contributed by atoms with Gasteiger partial charge in [0.2, 0.25) is 11.8 Å².